The third-order valence-electron chi connectivity index (χ3n) is 5.02. The van der Waals surface area contributed by atoms with E-state index >= 15 is 0 Å². The number of aliphatic hydroxyl groups is 1. The molecule has 0 bridgehead atoms. The molecular weight excluding hydrogens is 338 g/mol. The molecule has 0 radical (unpaired) electrons. The standard InChI is InChI=1S/C23H29NO3/c25-20(17-24-15-7-2-8-16-24)18-27-23-12-6-5-11-21(23)22(26)14-13-19-9-3-1-4-10-19/h1,3-6,9-12,20,25H,2,7-8,13-18H2/t20-/m1/s1. The number of para-hydroxylation sites is 1. The Bertz CT molecular complexity index is 711. The van der Waals surface area contributed by atoms with Gasteiger partial charge in [0.05, 0.1) is 5.56 Å². The summed E-state index contributed by atoms with van der Waals surface area (Å²) < 4.78 is 5.82. The SMILES string of the molecule is O=C(CCc1ccccc1)c1ccccc1OC[C@H](O)CN1CCCCC1. The van der Waals surface area contributed by atoms with E-state index in [1.54, 1.807) is 6.07 Å². The number of Topliss-reactive ketones (excluding diaryl/α,β-unsaturated/α-hetero) is 1. The Hall–Kier alpha value is -2.17. The van der Waals surface area contributed by atoms with Gasteiger partial charge in [0.1, 0.15) is 18.5 Å². The van der Waals surface area contributed by atoms with E-state index in [0.29, 0.717) is 30.7 Å². The minimum absolute atomic E-state index is 0.0694. The lowest BCUT2D eigenvalue weighted by Gasteiger charge is -2.28. The van der Waals surface area contributed by atoms with Gasteiger partial charge in [-0.05, 0) is 50.0 Å². The number of β-amino-alcohol motifs (C(OH)–C–C–N with tert-alkyl or cyclic N) is 1. The maximum Gasteiger partial charge on any atom is 0.166 e. The van der Waals surface area contributed by atoms with E-state index in [2.05, 4.69) is 4.90 Å². The Kier molecular flexibility index (Phi) is 7.43. The maximum atomic E-state index is 12.6. The van der Waals surface area contributed by atoms with Gasteiger partial charge in [0.25, 0.3) is 0 Å². The molecule has 1 saturated heterocycles. The van der Waals surface area contributed by atoms with Crippen LogP contribution in [0.4, 0.5) is 0 Å². The third kappa shape index (κ3) is 6.19. The first kappa shape index (κ1) is 19.6. The summed E-state index contributed by atoms with van der Waals surface area (Å²) in [5, 5.41) is 10.3. The largest absolute Gasteiger partial charge is 0.490 e. The van der Waals surface area contributed by atoms with E-state index in [4.69, 9.17) is 4.74 Å². The molecule has 1 heterocycles. The fraction of sp³-hybridized carbons (Fsp3) is 0.435. The number of rotatable bonds is 9. The lowest BCUT2D eigenvalue weighted by atomic mass is 10.0. The summed E-state index contributed by atoms with van der Waals surface area (Å²) in [7, 11) is 0. The normalized spacial score (nSPS) is 16.0. The highest BCUT2D eigenvalue weighted by atomic mass is 16.5. The van der Waals surface area contributed by atoms with Crippen LogP contribution in [0.2, 0.25) is 0 Å². The van der Waals surface area contributed by atoms with Gasteiger partial charge in [-0.2, -0.15) is 0 Å². The number of likely N-dealkylation sites (tertiary alicyclic amines) is 1. The summed E-state index contributed by atoms with van der Waals surface area (Å²) in [5.41, 5.74) is 1.75. The smallest absolute Gasteiger partial charge is 0.166 e. The number of aryl methyl sites for hydroxylation is 1. The maximum absolute atomic E-state index is 12.6. The number of hydrogen-bond acceptors (Lipinski definition) is 4. The zero-order chi connectivity index (χ0) is 18.9. The minimum atomic E-state index is -0.546. The average molecular weight is 367 g/mol. The highest BCUT2D eigenvalue weighted by Gasteiger charge is 2.17. The number of ketones is 1. The summed E-state index contributed by atoms with van der Waals surface area (Å²) in [6.45, 7) is 2.93. The summed E-state index contributed by atoms with van der Waals surface area (Å²) in [5.74, 6) is 0.633. The van der Waals surface area contributed by atoms with Crippen molar-refractivity contribution in [3.63, 3.8) is 0 Å². The highest BCUT2D eigenvalue weighted by Crippen LogP contribution is 2.21. The molecule has 0 aromatic heterocycles. The summed E-state index contributed by atoms with van der Waals surface area (Å²) in [6, 6.07) is 17.3. The van der Waals surface area contributed by atoms with Gasteiger partial charge >= 0.3 is 0 Å². The van der Waals surface area contributed by atoms with Crippen molar-refractivity contribution >= 4 is 5.78 Å². The van der Waals surface area contributed by atoms with Crippen LogP contribution in [0.3, 0.4) is 0 Å². The van der Waals surface area contributed by atoms with Crippen molar-refractivity contribution in [2.75, 3.05) is 26.2 Å². The molecule has 4 heteroatoms. The molecule has 0 amide bonds. The molecule has 4 nitrogen and oxygen atoms in total. The third-order valence-corrected chi connectivity index (χ3v) is 5.02. The fourth-order valence-electron chi connectivity index (χ4n) is 3.54. The number of aliphatic hydroxyl groups excluding tert-OH is 1. The number of ether oxygens (including phenoxy) is 1. The molecular formula is C23H29NO3. The zero-order valence-corrected chi connectivity index (χ0v) is 15.8. The average Bonchev–Trinajstić information content (AvgIpc) is 2.72. The Labute approximate surface area is 161 Å². The number of piperidine rings is 1. The number of carbonyl (C=O) groups excluding carboxylic acids is 1. The summed E-state index contributed by atoms with van der Waals surface area (Å²) >= 11 is 0. The van der Waals surface area contributed by atoms with Crippen LogP contribution in [-0.4, -0.2) is 48.1 Å². The van der Waals surface area contributed by atoms with Crippen molar-refractivity contribution < 1.29 is 14.6 Å². The second-order valence-electron chi connectivity index (χ2n) is 7.23. The number of hydrogen-bond donors (Lipinski definition) is 1. The van der Waals surface area contributed by atoms with Crippen molar-refractivity contribution in [3.8, 4) is 5.75 Å². The molecule has 27 heavy (non-hydrogen) atoms. The van der Waals surface area contributed by atoms with Crippen molar-refractivity contribution in [3.05, 3.63) is 65.7 Å². The molecule has 0 aliphatic carbocycles. The Morgan fingerprint density at radius 3 is 2.48 bits per heavy atom. The van der Waals surface area contributed by atoms with Gasteiger partial charge in [-0.3, -0.25) is 4.79 Å². The topological polar surface area (TPSA) is 49.8 Å². The first-order valence-electron chi connectivity index (χ1n) is 9.92. The predicted octanol–water partition coefficient (Wildman–Crippen LogP) is 3.73. The van der Waals surface area contributed by atoms with E-state index in [1.807, 2.05) is 48.5 Å². The second-order valence-corrected chi connectivity index (χ2v) is 7.23. The lowest BCUT2D eigenvalue weighted by molar-refractivity contribution is 0.0611. The van der Waals surface area contributed by atoms with E-state index < -0.39 is 6.10 Å². The van der Waals surface area contributed by atoms with Crippen LogP contribution in [-0.2, 0) is 6.42 Å². The molecule has 144 valence electrons. The summed E-state index contributed by atoms with van der Waals surface area (Å²) in [6.07, 6.45) is 4.29. The first-order chi connectivity index (χ1) is 13.2. The quantitative estimate of drug-likeness (QED) is 0.686. The summed E-state index contributed by atoms with van der Waals surface area (Å²) in [4.78, 5) is 14.9. The van der Waals surface area contributed by atoms with Crippen molar-refractivity contribution in [1.29, 1.82) is 0 Å². The van der Waals surface area contributed by atoms with Gasteiger partial charge in [-0.1, -0.05) is 48.9 Å². The van der Waals surface area contributed by atoms with E-state index in [0.717, 1.165) is 18.7 Å². The Balaban J connectivity index is 1.52. The van der Waals surface area contributed by atoms with Crippen molar-refractivity contribution in [2.45, 2.75) is 38.2 Å². The molecule has 1 aliphatic rings. The van der Waals surface area contributed by atoms with Crippen LogP contribution in [0.25, 0.3) is 0 Å². The van der Waals surface area contributed by atoms with Crippen LogP contribution in [0.1, 0.15) is 41.6 Å². The molecule has 0 saturated carbocycles. The molecule has 0 unspecified atom stereocenters. The molecule has 1 atom stereocenters. The first-order valence-corrected chi connectivity index (χ1v) is 9.92. The molecule has 1 aliphatic heterocycles. The van der Waals surface area contributed by atoms with Crippen molar-refractivity contribution in [1.82, 2.24) is 4.90 Å². The lowest BCUT2D eigenvalue weighted by Crippen LogP contribution is -2.38. The highest BCUT2D eigenvalue weighted by molar-refractivity contribution is 5.98. The monoisotopic (exact) mass is 367 g/mol. The molecule has 0 spiro atoms. The van der Waals surface area contributed by atoms with Crippen LogP contribution < -0.4 is 4.74 Å². The van der Waals surface area contributed by atoms with Gasteiger partial charge in [-0.15, -0.1) is 0 Å². The van der Waals surface area contributed by atoms with E-state index in [9.17, 15) is 9.90 Å². The number of benzene rings is 2. The van der Waals surface area contributed by atoms with Gasteiger partial charge in [0, 0.05) is 13.0 Å². The molecule has 2 aromatic carbocycles. The zero-order valence-electron chi connectivity index (χ0n) is 15.8. The molecule has 1 N–H and O–H groups in total. The Morgan fingerprint density at radius 1 is 1.00 bits per heavy atom. The van der Waals surface area contributed by atoms with Crippen LogP contribution in [0, 0.1) is 0 Å². The second kappa shape index (κ2) is 10.2. The van der Waals surface area contributed by atoms with Gasteiger partial charge in [-0.25, -0.2) is 0 Å². The van der Waals surface area contributed by atoms with Crippen LogP contribution in [0.5, 0.6) is 5.75 Å². The Morgan fingerprint density at radius 2 is 1.70 bits per heavy atom. The van der Waals surface area contributed by atoms with Gasteiger partial charge < -0.3 is 14.7 Å². The van der Waals surface area contributed by atoms with Crippen molar-refractivity contribution in [2.24, 2.45) is 0 Å². The molecule has 2 aromatic rings. The minimum Gasteiger partial charge on any atom is -0.490 e. The number of nitrogens with zero attached hydrogens (tertiary/aromatic N) is 1. The van der Waals surface area contributed by atoms with Crippen LogP contribution in [0.15, 0.2) is 54.6 Å². The fourth-order valence-corrected chi connectivity index (χ4v) is 3.54. The molecule has 1 fully saturated rings. The van der Waals surface area contributed by atoms with E-state index in [1.165, 1.54) is 19.3 Å². The van der Waals surface area contributed by atoms with Gasteiger partial charge in [0.2, 0.25) is 0 Å². The van der Waals surface area contributed by atoms with E-state index in [-0.39, 0.29) is 12.4 Å². The number of carbonyl (C=O) groups is 1. The van der Waals surface area contributed by atoms with Gasteiger partial charge in [0.15, 0.2) is 5.78 Å². The predicted molar refractivity (Wildman–Crippen MR) is 107 cm³/mol. The van der Waals surface area contributed by atoms with Crippen LogP contribution >= 0.6 is 0 Å². The molecule has 3 rings (SSSR count).